The summed E-state index contributed by atoms with van der Waals surface area (Å²) in [5.41, 5.74) is 3.41. The molecule has 0 saturated carbocycles. The Balaban J connectivity index is 1.61. The highest BCUT2D eigenvalue weighted by Crippen LogP contribution is 2.32. The standard InChI is InChI=1S/C28H25N3O4S/c1-20-3-14-26(15-4-20)36(32,33)31-28-17-25(35-24-11-9-23(34-2)10-12-24)13-16-27(28)30-19-22-7-5-21(18-29)6-8-22/h3-17,30-31H,19H2,1-2H3. The van der Waals surface area contributed by atoms with Gasteiger partial charge in [-0.05, 0) is 73.2 Å². The van der Waals surface area contributed by atoms with E-state index < -0.39 is 10.0 Å². The summed E-state index contributed by atoms with van der Waals surface area (Å²) in [7, 11) is -2.25. The Kier molecular flexibility index (Phi) is 7.42. The van der Waals surface area contributed by atoms with Crippen molar-refractivity contribution < 1.29 is 17.9 Å². The number of nitrogens with zero attached hydrogens (tertiary/aromatic N) is 1. The number of hydrogen-bond donors (Lipinski definition) is 2. The van der Waals surface area contributed by atoms with Gasteiger partial charge in [0.05, 0.1) is 35.0 Å². The molecule has 2 N–H and O–H groups in total. The minimum Gasteiger partial charge on any atom is -0.497 e. The zero-order valence-corrected chi connectivity index (χ0v) is 20.7. The fourth-order valence-corrected chi connectivity index (χ4v) is 4.49. The third-order valence-electron chi connectivity index (χ3n) is 5.43. The lowest BCUT2D eigenvalue weighted by Crippen LogP contribution is -2.14. The van der Waals surface area contributed by atoms with Crippen molar-refractivity contribution >= 4 is 21.4 Å². The summed E-state index contributed by atoms with van der Waals surface area (Å²) in [5.74, 6) is 1.75. The topological polar surface area (TPSA) is 100 Å². The Bertz CT molecular complexity index is 1480. The SMILES string of the molecule is COc1ccc(Oc2ccc(NCc3ccc(C#N)cc3)c(NS(=O)(=O)c3ccc(C)cc3)c2)cc1. The number of methoxy groups -OCH3 is 1. The molecule has 0 aromatic heterocycles. The van der Waals surface area contributed by atoms with Crippen LogP contribution in [0, 0.1) is 18.3 Å². The first-order valence-electron chi connectivity index (χ1n) is 11.1. The molecule has 0 heterocycles. The predicted molar refractivity (Wildman–Crippen MR) is 140 cm³/mol. The summed E-state index contributed by atoms with van der Waals surface area (Å²) in [6, 6.07) is 28.2. The van der Waals surface area contributed by atoms with Crippen molar-refractivity contribution in [3.05, 3.63) is 108 Å². The molecule has 0 saturated heterocycles. The molecule has 8 heteroatoms. The van der Waals surface area contributed by atoms with Crippen molar-refractivity contribution in [1.29, 1.82) is 5.26 Å². The monoisotopic (exact) mass is 499 g/mol. The van der Waals surface area contributed by atoms with Crippen molar-refractivity contribution in [2.45, 2.75) is 18.4 Å². The lowest BCUT2D eigenvalue weighted by Gasteiger charge is -2.16. The Morgan fingerprint density at radius 2 is 1.44 bits per heavy atom. The van der Waals surface area contributed by atoms with E-state index >= 15 is 0 Å². The van der Waals surface area contributed by atoms with Crippen LogP contribution in [0.1, 0.15) is 16.7 Å². The molecular formula is C28H25N3O4S. The quantitative estimate of drug-likeness (QED) is 0.289. The molecule has 182 valence electrons. The molecule has 7 nitrogen and oxygen atoms in total. The van der Waals surface area contributed by atoms with E-state index in [0.29, 0.717) is 40.7 Å². The number of ether oxygens (including phenoxy) is 2. The van der Waals surface area contributed by atoms with Crippen LogP contribution in [0.25, 0.3) is 0 Å². The highest BCUT2D eigenvalue weighted by atomic mass is 32.2. The first-order chi connectivity index (χ1) is 17.4. The molecule has 0 spiro atoms. The van der Waals surface area contributed by atoms with E-state index in [9.17, 15) is 8.42 Å². The fourth-order valence-electron chi connectivity index (χ4n) is 3.42. The van der Waals surface area contributed by atoms with E-state index in [1.165, 1.54) is 0 Å². The van der Waals surface area contributed by atoms with Crippen molar-refractivity contribution in [2.75, 3.05) is 17.1 Å². The van der Waals surface area contributed by atoms with Gasteiger partial charge in [-0.15, -0.1) is 0 Å². The number of rotatable bonds is 9. The van der Waals surface area contributed by atoms with Crippen LogP contribution in [0.4, 0.5) is 11.4 Å². The molecule has 4 aromatic carbocycles. The zero-order valence-electron chi connectivity index (χ0n) is 19.9. The number of aryl methyl sites for hydroxylation is 1. The van der Waals surface area contributed by atoms with Crippen LogP contribution in [0.5, 0.6) is 17.2 Å². The van der Waals surface area contributed by atoms with Crippen LogP contribution in [0.2, 0.25) is 0 Å². The van der Waals surface area contributed by atoms with Crippen LogP contribution in [0.3, 0.4) is 0 Å². The lowest BCUT2D eigenvalue weighted by atomic mass is 10.1. The maximum absolute atomic E-state index is 13.1. The van der Waals surface area contributed by atoms with Gasteiger partial charge in [0.15, 0.2) is 0 Å². The van der Waals surface area contributed by atoms with Gasteiger partial charge in [0, 0.05) is 12.6 Å². The maximum Gasteiger partial charge on any atom is 0.261 e. The van der Waals surface area contributed by atoms with Gasteiger partial charge in [0.1, 0.15) is 17.2 Å². The van der Waals surface area contributed by atoms with E-state index in [4.69, 9.17) is 14.7 Å². The van der Waals surface area contributed by atoms with Crippen LogP contribution in [-0.2, 0) is 16.6 Å². The lowest BCUT2D eigenvalue weighted by molar-refractivity contribution is 0.413. The molecule has 0 fully saturated rings. The average molecular weight is 500 g/mol. The molecular weight excluding hydrogens is 474 g/mol. The second-order valence-corrected chi connectivity index (χ2v) is 9.75. The van der Waals surface area contributed by atoms with Crippen LogP contribution < -0.4 is 19.5 Å². The Morgan fingerprint density at radius 1 is 0.806 bits per heavy atom. The second kappa shape index (κ2) is 10.8. The summed E-state index contributed by atoms with van der Waals surface area (Å²) in [5, 5.41) is 12.3. The molecule has 4 aromatic rings. The van der Waals surface area contributed by atoms with E-state index in [1.807, 2.05) is 19.1 Å². The molecule has 0 amide bonds. The zero-order chi connectivity index (χ0) is 25.5. The van der Waals surface area contributed by atoms with E-state index in [2.05, 4.69) is 16.1 Å². The second-order valence-electron chi connectivity index (χ2n) is 8.07. The van der Waals surface area contributed by atoms with Gasteiger partial charge in [-0.2, -0.15) is 5.26 Å². The number of nitrogens with one attached hydrogen (secondary N) is 2. The summed E-state index contributed by atoms with van der Waals surface area (Å²) < 4.78 is 40.1. The summed E-state index contributed by atoms with van der Waals surface area (Å²) >= 11 is 0. The molecule has 0 radical (unpaired) electrons. The number of nitriles is 1. The molecule has 0 unspecified atom stereocenters. The third-order valence-corrected chi connectivity index (χ3v) is 6.81. The largest absolute Gasteiger partial charge is 0.497 e. The van der Waals surface area contributed by atoms with Gasteiger partial charge in [-0.3, -0.25) is 4.72 Å². The van der Waals surface area contributed by atoms with Gasteiger partial charge in [0.2, 0.25) is 0 Å². The molecule has 0 aliphatic heterocycles. The Hall–Kier alpha value is -4.48. The average Bonchev–Trinajstić information content (AvgIpc) is 2.89. The maximum atomic E-state index is 13.1. The van der Waals surface area contributed by atoms with E-state index in [-0.39, 0.29) is 4.90 Å². The summed E-state index contributed by atoms with van der Waals surface area (Å²) in [4.78, 5) is 0.160. The fraction of sp³-hybridized carbons (Fsp3) is 0.107. The Labute approximate surface area is 211 Å². The highest BCUT2D eigenvalue weighted by Gasteiger charge is 2.17. The molecule has 4 rings (SSSR count). The van der Waals surface area contributed by atoms with Gasteiger partial charge in [-0.1, -0.05) is 29.8 Å². The minimum atomic E-state index is -3.84. The molecule has 0 atom stereocenters. The molecule has 0 aliphatic carbocycles. The van der Waals surface area contributed by atoms with E-state index in [1.54, 1.807) is 86.0 Å². The van der Waals surface area contributed by atoms with Gasteiger partial charge >= 0.3 is 0 Å². The smallest absolute Gasteiger partial charge is 0.261 e. The number of sulfonamides is 1. The first kappa shape index (κ1) is 24.6. The molecule has 0 bridgehead atoms. The number of anilines is 2. The third kappa shape index (κ3) is 6.14. The van der Waals surface area contributed by atoms with Gasteiger partial charge < -0.3 is 14.8 Å². The van der Waals surface area contributed by atoms with Gasteiger partial charge in [0.25, 0.3) is 10.0 Å². The minimum absolute atomic E-state index is 0.160. The summed E-state index contributed by atoms with van der Waals surface area (Å²) in [6.45, 7) is 2.33. The van der Waals surface area contributed by atoms with Crippen molar-refractivity contribution in [1.82, 2.24) is 0 Å². The van der Waals surface area contributed by atoms with Crippen molar-refractivity contribution in [3.8, 4) is 23.3 Å². The predicted octanol–water partition coefficient (Wildman–Crippen LogP) is 6.08. The Morgan fingerprint density at radius 3 is 2.08 bits per heavy atom. The van der Waals surface area contributed by atoms with Crippen LogP contribution in [0.15, 0.2) is 95.9 Å². The highest BCUT2D eigenvalue weighted by molar-refractivity contribution is 7.92. The van der Waals surface area contributed by atoms with Gasteiger partial charge in [-0.25, -0.2) is 8.42 Å². The molecule has 0 aliphatic rings. The molecule has 36 heavy (non-hydrogen) atoms. The van der Waals surface area contributed by atoms with Crippen molar-refractivity contribution in [2.24, 2.45) is 0 Å². The summed E-state index contributed by atoms with van der Waals surface area (Å²) in [6.07, 6.45) is 0. The number of hydrogen-bond acceptors (Lipinski definition) is 6. The van der Waals surface area contributed by atoms with Crippen LogP contribution >= 0.6 is 0 Å². The van der Waals surface area contributed by atoms with Crippen molar-refractivity contribution in [3.63, 3.8) is 0 Å². The van der Waals surface area contributed by atoms with Crippen LogP contribution in [-0.4, -0.2) is 15.5 Å². The first-order valence-corrected chi connectivity index (χ1v) is 12.6. The van der Waals surface area contributed by atoms with E-state index in [0.717, 1.165) is 11.1 Å². The number of benzene rings is 4. The normalized spacial score (nSPS) is 10.8.